The molecule has 1 N–H and O–H groups in total. The summed E-state index contributed by atoms with van der Waals surface area (Å²) in [6.45, 7) is 2.59. The number of methoxy groups -OCH3 is 1. The second kappa shape index (κ2) is 4.83. The molecule has 0 aliphatic carbocycles. The summed E-state index contributed by atoms with van der Waals surface area (Å²) in [6, 6.07) is 1.24. The van der Waals surface area contributed by atoms with Crippen molar-refractivity contribution in [3.05, 3.63) is 28.8 Å². The van der Waals surface area contributed by atoms with Crippen LogP contribution in [-0.4, -0.2) is 24.6 Å². The highest BCUT2D eigenvalue weighted by Crippen LogP contribution is 2.50. The van der Waals surface area contributed by atoms with Crippen LogP contribution in [-0.2, 0) is 5.60 Å². The fourth-order valence-corrected chi connectivity index (χ4v) is 1.97. The highest BCUT2D eigenvalue weighted by Gasteiger charge is 2.71. The molecule has 1 rings (SSSR count). The van der Waals surface area contributed by atoms with Gasteiger partial charge in [-0.05, 0) is 37.1 Å². The van der Waals surface area contributed by atoms with Crippen LogP contribution < -0.4 is 4.74 Å². The first kappa shape index (κ1) is 16.6. The topological polar surface area (TPSA) is 29.5 Å². The van der Waals surface area contributed by atoms with E-state index in [0.717, 1.165) is 0 Å². The first-order chi connectivity index (χ1) is 8.86. The van der Waals surface area contributed by atoms with Crippen LogP contribution in [0.2, 0.25) is 0 Å². The predicted octanol–water partition coefficient (Wildman–Crippen LogP) is 3.62. The number of benzene rings is 1. The number of hydrogen-bond donors (Lipinski definition) is 1. The molecule has 20 heavy (non-hydrogen) atoms. The minimum Gasteiger partial charge on any atom is -0.496 e. The molecule has 0 unspecified atom stereocenters. The van der Waals surface area contributed by atoms with Crippen LogP contribution in [0.5, 0.6) is 5.75 Å². The van der Waals surface area contributed by atoms with Gasteiger partial charge in [-0.15, -0.1) is 0 Å². The minimum atomic E-state index is -5.89. The first-order valence-electron chi connectivity index (χ1n) is 5.37. The Morgan fingerprint density at radius 2 is 1.25 bits per heavy atom. The van der Waals surface area contributed by atoms with E-state index in [4.69, 9.17) is 4.74 Å². The van der Waals surface area contributed by atoms with E-state index in [9.17, 15) is 31.4 Å². The van der Waals surface area contributed by atoms with Gasteiger partial charge in [0, 0.05) is 5.56 Å². The average molecular weight is 302 g/mol. The lowest BCUT2D eigenvalue weighted by Crippen LogP contribution is -2.54. The Labute approximate surface area is 111 Å². The number of ether oxygens (including phenoxy) is 1. The molecule has 1 aromatic rings. The number of aliphatic hydroxyl groups is 1. The molecule has 2 nitrogen and oxygen atoms in total. The minimum absolute atomic E-state index is 0.0643. The number of halogens is 6. The summed E-state index contributed by atoms with van der Waals surface area (Å²) in [7, 11) is 1.24. The first-order valence-corrected chi connectivity index (χ1v) is 5.37. The highest BCUT2D eigenvalue weighted by atomic mass is 19.4. The molecular formula is C12H12F6O2. The molecule has 0 amide bonds. The monoisotopic (exact) mass is 302 g/mol. The molecule has 0 aromatic heterocycles. The van der Waals surface area contributed by atoms with Crippen LogP contribution in [0.25, 0.3) is 0 Å². The molecule has 0 spiro atoms. The maximum Gasteiger partial charge on any atom is 0.430 e. The van der Waals surface area contributed by atoms with E-state index in [1.54, 1.807) is 0 Å². The van der Waals surface area contributed by atoms with Crippen molar-refractivity contribution in [2.24, 2.45) is 0 Å². The van der Waals surface area contributed by atoms with Gasteiger partial charge in [-0.2, -0.15) is 26.3 Å². The van der Waals surface area contributed by atoms with Gasteiger partial charge in [-0.1, -0.05) is 0 Å². The van der Waals surface area contributed by atoms with Crippen LogP contribution in [0.3, 0.4) is 0 Å². The Bertz CT molecular complexity index is 467. The van der Waals surface area contributed by atoms with Crippen molar-refractivity contribution in [2.75, 3.05) is 7.11 Å². The Morgan fingerprint density at radius 1 is 0.900 bits per heavy atom. The van der Waals surface area contributed by atoms with E-state index in [1.807, 2.05) is 0 Å². The Hall–Kier alpha value is -1.44. The van der Waals surface area contributed by atoms with E-state index in [-0.39, 0.29) is 16.9 Å². The van der Waals surface area contributed by atoms with E-state index >= 15 is 0 Å². The van der Waals surface area contributed by atoms with Gasteiger partial charge in [0.1, 0.15) is 5.75 Å². The number of hydrogen-bond acceptors (Lipinski definition) is 2. The van der Waals surface area contributed by atoms with Gasteiger partial charge >= 0.3 is 12.4 Å². The van der Waals surface area contributed by atoms with Gasteiger partial charge in [0.25, 0.3) is 5.60 Å². The van der Waals surface area contributed by atoms with E-state index in [0.29, 0.717) is 12.1 Å². The second-order valence-corrected chi connectivity index (χ2v) is 4.35. The molecule has 0 saturated heterocycles. The fourth-order valence-electron chi connectivity index (χ4n) is 1.97. The molecule has 114 valence electrons. The third-order valence-electron chi connectivity index (χ3n) is 2.90. The van der Waals surface area contributed by atoms with Gasteiger partial charge in [0.15, 0.2) is 0 Å². The molecule has 0 atom stereocenters. The van der Waals surface area contributed by atoms with Crippen molar-refractivity contribution in [2.45, 2.75) is 31.8 Å². The fraction of sp³-hybridized carbons (Fsp3) is 0.500. The zero-order valence-electron chi connectivity index (χ0n) is 10.8. The molecule has 0 radical (unpaired) electrons. The van der Waals surface area contributed by atoms with Crippen molar-refractivity contribution in [3.8, 4) is 5.75 Å². The zero-order valence-corrected chi connectivity index (χ0v) is 10.8. The van der Waals surface area contributed by atoms with Crippen LogP contribution >= 0.6 is 0 Å². The largest absolute Gasteiger partial charge is 0.496 e. The smallest absolute Gasteiger partial charge is 0.430 e. The summed E-state index contributed by atoms with van der Waals surface area (Å²) in [5.41, 5.74) is -6.07. The average Bonchev–Trinajstić information content (AvgIpc) is 2.24. The maximum absolute atomic E-state index is 12.7. The Morgan fingerprint density at radius 3 is 1.50 bits per heavy atom. The van der Waals surface area contributed by atoms with Crippen LogP contribution in [0.4, 0.5) is 26.3 Å². The molecule has 0 saturated carbocycles. The standard InChI is InChI=1S/C12H12F6O2/c1-6-4-8(5-7(2)9(6)20-3)10(19,11(13,14)15)12(16,17)18/h4-5,19H,1-3H3. The van der Waals surface area contributed by atoms with Gasteiger partial charge in [-0.25, -0.2) is 0 Å². The number of aryl methyl sites for hydroxylation is 2. The van der Waals surface area contributed by atoms with E-state index in [2.05, 4.69) is 0 Å². The summed E-state index contributed by atoms with van der Waals surface area (Å²) in [5.74, 6) is 0.167. The lowest BCUT2D eigenvalue weighted by Gasteiger charge is -2.33. The van der Waals surface area contributed by atoms with Crippen molar-refractivity contribution in [1.82, 2.24) is 0 Å². The molecule has 0 fully saturated rings. The summed E-state index contributed by atoms with van der Waals surface area (Å²) in [4.78, 5) is 0. The Kier molecular flexibility index (Phi) is 4.02. The van der Waals surface area contributed by atoms with Crippen molar-refractivity contribution in [3.63, 3.8) is 0 Å². The number of alkyl halides is 6. The second-order valence-electron chi connectivity index (χ2n) is 4.35. The van der Waals surface area contributed by atoms with Gasteiger partial charge in [0.2, 0.25) is 0 Å². The molecule has 0 bridgehead atoms. The maximum atomic E-state index is 12.7. The van der Waals surface area contributed by atoms with Gasteiger partial charge < -0.3 is 9.84 Å². The summed E-state index contributed by atoms with van der Waals surface area (Å²) >= 11 is 0. The molecule has 0 aliphatic heterocycles. The SMILES string of the molecule is COc1c(C)cc(C(O)(C(F)(F)F)C(F)(F)F)cc1C. The third kappa shape index (κ3) is 2.44. The molecular weight excluding hydrogens is 290 g/mol. The lowest BCUT2D eigenvalue weighted by molar-refractivity contribution is -0.376. The van der Waals surface area contributed by atoms with E-state index in [1.165, 1.54) is 21.0 Å². The van der Waals surface area contributed by atoms with Crippen LogP contribution in [0.15, 0.2) is 12.1 Å². The van der Waals surface area contributed by atoms with Gasteiger partial charge in [-0.3, -0.25) is 0 Å². The quantitative estimate of drug-likeness (QED) is 0.845. The van der Waals surface area contributed by atoms with Crippen molar-refractivity contribution < 1.29 is 36.2 Å². The lowest BCUT2D eigenvalue weighted by atomic mass is 9.89. The number of rotatable bonds is 2. The molecule has 0 aliphatic rings. The van der Waals surface area contributed by atoms with Crippen LogP contribution in [0, 0.1) is 13.8 Å². The predicted molar refractivity (Wildman–Crippen MR) is 58.5 cm³/mol. The van der Waals surface area contributed by atoms with Gasteiger partial charge in [0.05, 0.1) is 7.11 Å². The zero-order chi connectivity index (χ0) is 15.9. The summed E-state index contributed by atoms with van der Waals surface area (Å²) in [6.07, 6.45) is -11.8. The molecule has 1 aromatic carbocycles. The van der Waals surface area contributed by atoms with Crippen LogP contribution in [0.1, 0.15) is 16.7 Å². The normalized spacial score (nSPS) is 13.5. The van der Waals surface area contributed by atoms with Crippen molar-refractivity contribution >= 4 is 0 Å². The van der Waals surface area contributed by atoms with E-state index < -0.39 is 23.5 Å². The summed E-state index contributed by atoms with van der Waals surface area (Å²) < 4.78 is 81.3. The third-order valence-corrected chi connectivity index (χ3v) is 2.90. The molecule has 0 heterocycles. The Balaban J connectivity index is 3.61. The molecule has 8 heteroatoms. The highest BCUT2D eigenvalue weighted by molar-refractivity contribution is 5.45. The summed E-state index contributed by atoms with van der Waals surface area (Å²) in [5, 5.41) is 9.28. The van der Waals surface area contributed by atoms with Crippen molar-refractivity contribution in [1.29, 1.82) is 0 Å².